The van der Waals surface area contributed by atoms with Gasteiger partial charge in [-0.05, 0) is 0 Å². The van der Waals surface area contributed by atoms with E-state index in [0.29, 0.717) is 0 Å². The van der Waals surface area contributed by atoms with Gasteiger partial charge in [0.05, 0.1) is 0 Å². The Hall–Kier alpha value is 3.23. The summed E-state index contributed by atoms with van der Waals surface area (Å²) in [7, 11) is -5.44. The SMILES string of the molecule is C[Si](C)(C)[NH-].C[Si](C)(C)[NH-].C[Si](C)(C)[NH-].C[Si](C)(C)[NH-].[Bi+3].[K+]. The van der Waals surface area contributed by atoms with E-state index in [4.69, 9.17) is 21.6 Å². The van der Waals surface area contributed by atoms with E-state index in [1.807, 2.05) is 78.6 Å². The van der Waals surface area contributed by atoms with Crippen molar-refractivity contribution in [1.82, 2.24) is 0 Å². The molecule has 0 aromatic heterocycles. The molecule has 4 N–H and O–H groups in total. The standard InChI is InChI=1S/4C3H10NSi.Bi.K/c4*1-5(2,3)4;;/h4*4H,1-3H3;;/q4*-1;+3;+1. The van der Waals surface area contributed by atoms with Gasteiger partial charge in [0.1, 0.15) is 0 Å². The van der Waals surface area contributed by atoms with E-state index in [-0.39, 0.29) is 77.6 Å². The summed E-state index contributed by atoms with van der Waals surface area (Å²) in [5, 5.41) is 28.3. The third-order valence-corrected chi connectivity index (χ3v) is 0. The molecule has 0 rings (SSSR count). The Morgan fingerprint density at radius 3 is 0.364 bits per heavy atom. The van der Waals surface area contributed by atoms with Gasteiger partial charge in [0, 0.05) is 0 Å². The van der Waals surface area contributed by atoms with Crippen molar-refractivity contribution in [3.05, 3.63) is 21.6 Å². The molecule has 0 saturated carbocycles. The molecular weight excluding hydrogens is 561 g/mol. The molecule has 0 aromatic rings. The van der Waals surface area contributed by atoms with Crippen LogP contribution in [0.2, 0.25) is 78.6 Å². The molecule has 0 atom stereocenters. The van der Waals surface area contributed by atoms with Crippen LogP contribution in [0, 0.1) is 0 Å². The summed E-state index contributed by atoms with van der Waals surface area (Å²) in [5.41, 5.74) is 0. The van der Waals surface area contributed by atoms with E-state index in [1.165, 1.54) is 0 Å². The van der Waals surface area contributed by atoms with Gasteiger partial charge < -0.3 is 21.6 Å². The molecule has 0 unspecified atom stereocenters. The Bertz CT molecular complexity index is 149. The Kier molecular flexibility index (Phi) is 32.1. The molecular formula is C12H40BiKN4Si4. The molecule has 0 heterocycles. The molecule has 0 aromatic carbocycles. The van der Waals surface area contributed by atoms with Crippen molar-refractivity contribution in [1.29, 1.82) is 0 Å². The quantitative estimate of drug-likeness (QED) is 0.374. The second-order valence-corrected chi connectivity index (χ2v) is 27.0. The summed E-state index contributed by atoms with van der Waals surface area (Å²) >= 11 is 0. The summed E-state index contributed by atoms with van der Waals surface area (Å²) in [4.78, 5) is 0. The van der Waals surface area contributed by atoms with Crippen LogP contribution in [0.15, 0.2) is 0 Å². The fraction of sp³-hybridized carbons (Fsp3) is 1.00. The van der Waals surface area contributed by atoms with E-state index in [2.05, 4.69) is 0 Å². The van der Waals surface area contributed by atoms with Gasteiger partial charge in [0.15, 0.2) is 0 Å². The molecule has 10 heteroatoms. The monoisotopic (exact) mass is 600 g/mol. The number of rotatable bonds is 0. The van der Waals surface area contributed by atoms with Gasteiger partial charge >= 0.3 is 77.6 Å². The van der Waals surface area contributed by atoms with Crippen molar-refractivity contribution in [2.45, 2.75) is 78.6 Å². The van der Waals surface area contributed by atoms with Gasteiger partial charge in [-0.3, -0.25) is 0 Å². The maximum Gasteiger partial charge on any atom is 3.00 e. The molecule has 0 aliphatic carbocycles. The third-order valence-electron chi connectivity index (χ3n) is 0. The predicted molar refractivity (Wildman–Crippen MR) is 116 cm³/mol. The van der Waals surface area contributed by atoms with Gasteiger partial charge in [-0.25, -0.2) is 0 Å². The number of hydrogen-bond acceptors (Lipinski definition) is 0. The third kappa shape index (κ3) is 1100. The molecule has 2 radical (unpaired) electrons. The van der Waals surface area contributed by atoms with E-state index in [9.17, 15) is 0 Å². The van der Waals surface area contributed by atoms with Crippen molar-refractivity contribution < 1.29 is 51.4 Å². The Morgan fingerprint density at radius 2 is 0.364 bits per heavy atom. The fourth-order valence-corrected chi connectivity index (χ4v) is 0. The van der Waals surface area contributed by atoms with Gasteiger partial charge in [0.25, 0.3) is 0 Å². The minimum Gasteiger partial charge on any atom is -0.680 e. The van der Waals surface area contributed by atoms with Gasteiger partial charge in [-0.2, -0.15) is 0 Å². The van der Waals surface area contributed by atoms with E-state index < -0.39 is 32.9 Å². The second-order valence-electron chi connectivity index (χ2n) is 9.00. The van der Waals surface area contributed by atoms with Crippen LogP contribution in [0.1, 0.15) is 0 Å². The maximum absolute atomic E-state index is 7.08. The summed E-state index contributed by atoms with van der Waals surface area (Å²) in [5.74, 6) is 0. The fourth-order valence-electron chi connectivity index (χ4n) is 0. The molecule has 4 nitrogen and oxygen atoms in total. The van der Waals surface area contributed by atoms with Crippen LogP contribution in [0.4, 0.5) is 0 Å². The van der Waals surface area contributed by atoms with Crippen LogP contribution < -0.4 is 51.4 Å². The Balaban J connectivity index is -0.0000000376. The summed E-state index contributed by atoms with van der Waals surface area (Å²) < 4.78 is 0. The van der Waals surface area contributed by atoms with Crippen LogP contribution in [0.25, 0.3) is 21.6 Å². The Labute approximate surface area is 207 Å². The summed E-state index contributed by atoms with van der Waals surface area (Å²) in [6, 6.07) is 0. The largest absolute Gasteiger partial charge is 3.00 e. The molecule has 130 valence electrons. The Morgan fingerprint density at radius 1 is 0.364 bits per heavy atom. The van der Waals surface area contributed by atoms with Crippen molar-refractivity contribution in [2.24, 2.45) is 0 Å². The van der Waals surface area contributed by atoms with Crippen molar-refractivity contribution >= 4 is 59.1 Å². The van der Waals surface area contributed by atoms with Gasteiger partial charge in [-0.15, -0.1) is 0 Å². The molecule has 0 amide bonds. The molecule has 0 spiro atoms. The maximum atomic E-state index is 7.08. The average Bonchev–Trinajstić information content (AvgIpc) is 1.62. The first kappa shape index (κ1) is 40.1. The normalized spacial score (nSPS) is 10.9. The zero-order valence-electron chi connectivity index (χ0n) is 17.4. The second kappa shape index (κ2) is 17.6. The summed E-state index contributed by atoms with van der Waals surface area (Å²) in [6.07, 6.45) is 0. The summed E-state index contributed by atoms with van der Waals surface area (Å²) in [6.45, 7) is 23.9. The topological polar surface area (TPSA) is 95.2 Å². The van der Waals surface area contributed by atoms with Crippen molar-refractivity contribution in [2.75, 3.05) is 0 Å². The van der Waals surface area contributed by atoms with Crippen LogP contribution >= 0.6 is 0 Å². The molecule has 0 aliphatic heterocycles. The van der Waals surface area contributed by atoms with E-state index in [0.717, 1.165) is 0 Å². The molecule has 22 heavy (non-hydrogen) atoms. The van der Waals surface area contributed by atoms with Crippen LogP contribution in [-0.2, 0) is 0 Å². The zero-order valence-corrected chi connectivity index (χ0v) is 28.0. The van der Waals surface area contributed by atoms with Crippen molar-refractivity contribution in [3.8, 4) is 0 Å². The number of hydrogen-bond donors (Lipinski definition) is 0. The molecule has 0 saturated heterocycles. The number of nitrogens with one attached hydrogen (secondary N) is 4. The molecule has 0 bridgehead atoms. The first-order valence-electron chi connectivity index (χ1n) is 7.00. The zero-order chi connectivity index (χ0) is 18.0. The van der Waals surface area contributed by atoms with Crippen LogP contribution in [0.3, 0.4) is 0 Å². The predicted octanol–water partition coefficient (Wildman–Crippen LogP) is 4.12. The van der Waals surface area contributed by atoms with E-state index in [1.54, 1.807) is 0 Å². The minimum absolute atomic E-state index is 0. The van der Waals surface area contributed by atoms with Crippen LogP contribution in [0.5, 0.6) is 0 Å². The van der Waals surface area contributed by atoms with Gasteiger partial charge in [-0.1, -0.05) is 112 Å². The first-order valence-corrected chi connectivity index (χ1v) is 21.0. The van der Waals surface area contributed by atoms with Crippen molar-refractivity contribution in [3.63, 3.8) is 0 Å². The molecule has 0 aliphatic rings. The van der Waals surface area contributed by atoms with E-state index >= 15 is 0 Å². The van der Waals surface area contributed by atoms with Gasteiger partial charge in [0.2, 0.25) is 0 Å². The smallest absolute Gasteiger partial charge is 0.680 e. The molecule has 0 fully saturated rings. The first-order chi connectivity index (χ1) is 8.00. The average molecular weight is 601 g/mol. The minimum atomic E-state index is -1.36. The van der Waals surface area contributed by atoms with Crippen LogP contribution in [-0.4, -0.2) is 59.1 Å².